The predicted octanol–water partition coefficient (Wildman–Crippen LogP) is 2.99. The highest BCUT2D eigenvalue weighted by Crippen LogP contribution is 2.22. The lowest BCUT2D eigenvalue weighted by Crippen LogP contribution is -2.35. The number of aryl methyl sites for hydroxylation is 1. The monoisotopic (exact) mass is 369 g/mol. The van der Waals surface area contributed by atoms with E-state index in [1.165, 1.54) is 5.56 Å². The van der Waals surface area contributed by atoms with Crippen molar-refractivity contribution in [2.75, 3.05) is 31.6 Å². The van der Waals surface area contributed by atoms with Gasteiger partial charge in [-0.1, -0.05) is 12.1 Å². The van der Waals surface area contributed by atoms with Gasteiger partial charge in [0.1, 0.15) is 5.01 Å². The Hall–Kier alpha value is -2.22. The molecule has 26 heavy (non-hydrogen) atoms. The summed E-state index contributed by atoms with van der Waals surface area (Å²) in [6.07, 6.45) is 3.84. The molecule has 1 N–H and O–H groups in total. The third-order valence-electron chi connectivity index (χ3n) is 4.43. The fourth-order valence-corrected chi connectivity index (χ4v) is 3.80. The Balaban J connectivity index is 1.36. The number of thiazole rings is 1. The fourth-order valence-electron chi connectivity index (χ4n) is 3.05. The van der Waals surface area contributed by atoms with Crippen molar-refractivity contribution >= 4 is 17.0 Å². The first-order valence-corrected chi connectivity index (χ1v) is 9.70. The minimum Gasteiger partial charge on any atom is -0.379 e. The molecule has 6 nitrogen and oxygen atoms in total. The Bertz CT molecular complexity index is 853. The summed E-state index contributed by atoms with van der Waals surface area (Å²) >= 11 is 1.67. The van der Waals surface area contributed by atoms with Crippen LogP contribution in [-0.2, 0) is 24.9 Å². The van der Waals surface area contributed by atoms with Crippen molar-refractivity contribution in [2.45, 2.75) is 13.1 Å². The Morgan fingerprint density at radius 3 is 2.96 bits per heavy atom. The maximum absolute atomic E-state index is 5.42. The molecular weight excluding hydrogens is 346 g/mol. The lowest BCUT2D eigenvalue weighted by molar-refractivity contribution is 0.0342. The van der Waals surface area contributed by atoms with Crippen molar-refractivity contribution in [3.05, 3.63) is 52.6 Å². The van der Waals surface area contributed by atoms with Crippen molar-refractivity contribution in [3.63, 3.8) is 0 Å². The molecule has 3 aromatic rings. The van der Waals surface area contributed by atoms with Crippen LogP contribution in [0.3, 0.4) is 0 Å². The van der Waals surface area contributed by atoms with Gasteiger partial charge in [-0.05, 0) is 17.7 Å². The summed E-state index contributed by atoms with van der Waals surface area (Å²) in [5.41, 5.74) is 4.50. The second kappa shape index (κ2) is 7.99. The van der Waals surface area contributed by atoms with Gasteiger partial charge in [0.05, 0.1) is 31.6 Å². The molecule has 1 fully saturated rings. The largest absolute Gasteiger partial charge is 0.379 e. The van der Waals surface area contributed by atoms with Crippen molar-refractivity contribution in [1.82, 2.24) is 19.7 Å². The van der Waals surface area contributed by atoms with E-state index < -0.39 is 0 Å². The molecule has 0 saturated carbocycles. The van der Waals surface area contributed by atoms with Crippen LogP contribution in [0.25, 0.3) is 11.3 Å². The van der Waals surface area contributed by atoms with Gasteiger partial charge in [-0.3, -0.25) is 9.58 Å². The zero-order valence-electron chi connectivity index (χ0n) is 14.9. The lowest BCUT2D eigenvalue weighted by atomic mass is 10.2. The van der Waals surface area contributed by atoms with Crippen molar-refractivity contribution in [2.24, 2.45) is 7.05 Å². The highest BCUT2D eigenvalue weighted by molar-refractivity contribution is 7.09. The first-order valence-electron chi connectivity index (χ1n) is 8.82. The van der Waals surface area contributed by atoms with E-state index in [1.807, 2.05) is 19.4 Å². The van der Waals surface area contributed by atoms with E-state index in [4.69, 9.17) is 9.72 Å². The standard InChI is InChI=1S/C19H23N5OS/c1-23-13-16(10-21-23)18-14-26-19(22-18)11-20-17-4-2-3-15(9-17)12-24-5-7-25-8-6-24/h2-4,9-10,13-14,20H,5-8,11-12H2,1H3. The zero-order valence-corrected chi connectivity index (χ0v) is 15.7. The molecule has 1 aliphatic heterocycles. The summed E-state index contributed by atoms with van der Waals surface area (Å²) in [5, 5.41) is 10.9. The number of anilines is 1. The van der Waals surface area contributed by atoms with Gasteiger partial charge in [-0.25, -0.2) is 4.98 Å². The molecule has 0 aliphatic carbocycles. The van der Waals surface area contributed by atoms with E-state index in [2.05, 4.69) is 45.0 Å². The Kier molecular flexibility index (Phi) is 5.29. The van der Waals surface area contributed by atoms with Crippen molar-refractivity contribution in [3.8, 4) is 11.3 Å². The molecule has 1 aliphatic rings. The number of hydrogen-bond donors (Lipinski definition) is 1. The predicted molar refractivity (Wildman–Crippen MR) is 104 cm³/mol. The average molecular weight is 369 g/mol. The molecule has 1 saturated heterocycles. The van der Waals surface area contributed by atoms with E-state index in [0.29, 0.717) is 0 Å². The maximum atomic E-state index is 5.42. The minimum absolute atomic E-state index is 0.728. The first-order chi connectivity index (χ1) is 12.8. The molecule has 0 spiro atoms. The third-order valence-corrected chi connectivity index (χ3v) is 5.28. The van der Waals surface area contributed by atoms with Crippen molar-refractivity contribution < 1.29 is 4.74 Å². The lowest BCUT2D eigenvalue weighted by Gasteiger charge is -2.26. The van der Waals surface area contributed by atoms with E-state index in [-0.39, 0.29) is 0 Å². The fraction of sp³-hybridized carbons (Fsp3) is 0.368. The summed E-state index contributed by atoms with van der Waals surface area (Å²) in [6, 6.07) is 8.63. The van der Waals surface area contributed by atoms with E-state index in [0.717, 1.165) is 61.3 Å². The van der Waals surface area contributed by atoms with Crippen LogP contribution in [-0.4, -0.2) is 46.0 Å². The molecule has 1 aromatic carbocycles. The van der Waals surface area contributed by atoms with E-state index >= 15 is 0 Å². The Labute approximate surface area is 157 Å². The highest BCUT2D eigenvalue weighted by atomic mass is 32.1. The van der Waals surface area contributed by atoms with Crippen LogP contribution in [0.5, 0.6) is 0 Å². The topological polar surface area (TPSA) is 55.2 Å². The van der Waals surface area contributed by atoms with Gasteiger partial charge in [0.15, 0.2) is 0 Å². The number of aromatic nitrogens is 3. The summed E-state index contributed by atoms with van der Waals surface area (Å²) in [4.78, 5) is 7.14. The molecule has 4 rings (SSSR count). The van der Waals surface area contributed by atoms with Crippen LogP contribution in [0.4, 0.5) is 5.69 Å². The Morgan fingerprint density at radius 2 is 2.15 bits per heavy atom. The van der Waals surface area contributed by atoms with Gasteiger partial charge in [0.25, 0.3) is 0 Å². The number of hydrogen-bond acceptors (Lipinski definition) is 6. The van der Waals surface area contributed by atoms with Gasteiger partial charge in [-0.2, -0.15) is 5.10 Å². The molecule has 0 radical (unpaired) electrons. The Morgan fingerprint density at radius 1 is 1.27 bits per heavy atom. The summed E-state index contributed by atoms with van der Waals surface area (Å²) in [5.74, 6) is 0. The van der Waals surface area contributed by atoms with Crippen LogP contribution in [0.2, 0.25) is 0 Å². The van der Waals surface area contributed by atoms with Gasteiger partial charge < -0.3 is 10.1 Å². The molecule has 136 valence electrons. The van der Waals surface area contributed by atoms with Gasteiger partial charge in [0, 0.05) is 49.5 Å². The number of nitrogens with zero attached hydrogens (tertiary/aromatic N) is 4. The second-order valence-corrected chi connectivity index (χ2v) is 7.41. The van der Waals surface area contributed by atoms with Crippen LogP contribution in [0.15, 0.2) is 42.0 Å². The number of nitrogens with one attached hydrogen (secondary N) is 1. The minimum atomic E-state index is 0.728. The maximum Gasteiger partial charge on any atom is 0.112 e. The normalized spacial score (nSPS) is 15.3. The molecule has 0 atom stereocenters. The quantitative estimate of drug-likeness (QED) is 0.724. The second-order valence-electron chi connectivity index (χ2n) is 6.47. The average Bonchev–Trinajstić information content (AvgIpc) is 3.30. The van der Waals surface area contributed by atoms with Crippen molar-refractivity contribution in [1.29, 1.82) is 0 Å². The van der Waals surface area contributed by atoms with Crippen LogP contribution < -0.4 is 5.32 Å². The molecule has 0 amide bonds. The molecule has 7 heteroatoms. The zero-order chi connectivity index (χ0) is 17.8. The number of benzene rings is 1. The van der Waals surface area contributed by atoms with Gasteiger partial charge in [-0.15, -0.1) is 11.3 Å². The summed E-state index contributed by atoms with van der Waals surface area (Å²) in [6.45, 7) is 5.39. The van der Waals surface area contributed by atoms with E-state index in [1.54, 1.807) is 16.0 Å². The molecule has 0 unspecified atom stereocenters. The third kappa shape index (κ3) is 4.30. The smallest absolute Gasteiger partial charge is 0.112 e. The summed E-state index contributed by atoms with van der Waals surface area (Å²) < 4.78 is 7.22. The molecule has 3 heterocycles. The van der Waals surface area contributed by atoms with Crippen LogP contribution in [0.1, 0.15) is 10.6 Å². The number of ether oxygens (including phenoxy) is 1. The number of morpholine rings is 1. The van der Waals surface area contributed by atoms with Gasteiger partial charge >= 0.3 is 0 Å². The van der Waals surface area contributed by atoms with E-state index in [9.17, 15) is 0 Å². The number of rotatable bonds is 6. The summed E-state index contributed by atoms with van der Waals surface area (Å²) in [7, 11) is 1.92. The molecule has 0 bridgehead atoms. The molecule has 2 aromatic heterocycles. The highest BCUT2D eigenvalue weighted by Gasteiger charge is 2.11. The molecular formula is C19H23N5OS. The van der Waals surface area contributed by atoms with Crippen LogP contribution >= 0.6 is 11.3 Å². The van der Waals surface area contributed by atoms with Crippen LogP contribution in [0, 0.1) is 0 Å². The first kappa shape index (κ1) is 17.2. The SMILES string of the molecule is Cn1cc(-c2csc(CNc3cccc(CN4CCOCC4)c3)n2)cn1. The van der Waals surface area contributed by atoms with Gasteiger partial charge in [0.2, 0.25) is 0 Å².